The first kappa shape index (κ1) is 17.1. The van der Waals surface area contributed by atoms with Gasteiger partial charge in [0, 0.05) is 22.6 Å². The third-order valence-corrected chi connectivity index (χ3v) is 3.20. The lowest BCUT2D eigenvalue weighted by Crippen LogP contribution is -2.14. The molecule has 2 rings (SSSR count). The van der Waals surface area contributed by atoms with Crippen LogP contribution in [-0.4, -0.2) is 17.0 Å². The Hall–Kier alpha value is -3.30. The summed E-state index contributed by atoms with van der Waals surface area (Å²) in [4.78, 5) is 22.8. The standard InChI is InChI=1S/C17H12ClN3O3/c18-13-2-1-3-15(8-13)21-16(22)12(9-19)10-20-14-6-4-11(5-7-14)17(23)24/h1-8,10,20H,(H,21,22)(H,23,24)/b12-10-. The molecule has 1 amide bonds. The van der Waals surface area contributed by atoms with Crippen molar-refractivity contribution in [2.75, 3.05) is 10.6 Å². The van der Waals surface area contributed by atoms with Gasteiger partial charge in [-0.2, -0.15) is 5.26 Å². The van der Waals surface area contributed by atoms with E-state index in [9.17, 15) is 9.59 Å². The van der Waals surface area contributed by atoms with Crippen molar-refractivity contribution in [3.8, 4) is 6.07 Å². The summed E-state index contributed by atoms with van der Waals surface area (Å²) in [6.07, 6.45) is 1.25. The van der Waals surface area contributed by atoms with Gasteiger partial charge < -0.3 is 15.7 Å². The fraction of sp³-hybridized carbons (Fsp3) is 0. The van der Waals surface area contributed by atoms with Crippen LogP contribution >= 0.6 is 11.6 Å². The minimum Gasteiger partial charge on any atom is -0.478 e. The SMILES string of the molecule is N#C/C(=C/Nc1ccc(C(=O)O)cc1)C(=O)Nc1cccc(Cl)c1. The molecule has 0 aliphatic rings. The Morgan fingerprint density at radius 2 is 1.83 bits per heavy atom. The molecule has 0 heterocycles. The molecule has 0 atom stereocenters. The van der Waals surface area contributed by atoms with Gasteiger partial charge in [0.2, 0.25) is 0 Å². The topological polar surface area (TPSA) is 102 Å². The number of carboxylic acids is 1. The van der Waals surface area contributed by atoms with Crippen LogP contribution in [-0.2, 0) is 4.79 Å². The zero-order chi connectivity index (χ0) is 17.5. The Kier molecular flexibility index (Phi) is 5.55. The largest absolute Gasteiger partial charge is 0.478 e. The molecular weight excluding hydrogens is 330 g/mol. The van der Waals surface area contributed by atoms with Gasteiger partial charge in [-0.3, -0.25) is 4.79 Å². The van der Waals surface area contributed by atoms with E-state index in [1.54, 1.807) is 30.3 Å². The number of nitrogens with one attached hydrogen (secondary N) is 2. The van der Waals surface area contributed by atoms with Gasteiger partial charge in [-0.15, -0.1) is 0 Å². The van der Waals surface area contributed by atoms with Crippen molar-refractivity contribution < 1.29 is 14.7 Å². The molecule has 0 bridgehead atoms. The number of benzene rings is 2. The molecule has 0 aliphatic carbocycles. The van der Waals surface area contributed by atoms with E-state index in [4.69, 9.17) is 22.0 Å². The highest BCUT2D eigenvalue weighted by atomic mass is 35.5. The summed E-state index contributed by atoms with van der Waals surface area (Å²) in [5.74, 6) is -1.62. The maximum absolute atomic E-state index is 12.1. The van der Waals surface area contributed by atoms with Crippen molar-refractivity contribution in [1.29, 1.82) is 5.26 Å². The first-order valence-corrected chi connectivity index (χ1v) is 7.14. The van der Waals surface area contributed by atoms with Gasteiger partial charge in [0.05, 0.1) is 5.56 Å². The van der Waals surface area contributed by atoms with E-state index < -0.39 is 11.9 Å². The average molecular weight is 342 g/mol. The number of carbonyl (C=O) groups excluding carboxylic acids is 1. The number of halogens is 1. The van der Waals surface area contributed by atoms with Crippen LogP contribution in [0.5, 0.6) is 0 Å². The summed E-state index contributed by atoms with van der Waals surface area (Å²) in [6, 6.07) is 14.2. The predicted molar refractivity (Wildman–Crippen MR) is 90.8 cm³/mol. The minimum absolute atomic E-state index is 0.141. The van der Waals surface area contributed by atoms with Gasteiger partial charge in [0.1, 0.15) is 11.6 Å². The fourth-order valence-corrected chi connectivity index (χ4v) is 1.97. The van der Waals surface area contributed by atoms with E-state index in [2.05, 4.69) is 10.6 Å². The summed E-state index contributed by atoms with van der Waals surface area (Å²) >= 11 is 5.83. The second-order valence-corrected chi connectivity index (χ2v) is 5.10. The lowest BCUT2D eigenvalue weighted by Gasteiger charge is -2.06. The predicted octanol–water partition coefficient (Wildman–Crippen LogP) is 3.50. The van der Waals surface area contributed by atoms with Gasteiger partial charge in [0.25, 0.3) is 5.91 Å². The van der Waals surface area contributed by atoms with E-state index in [0.29, 0.717) is 16.4 Å². The van der Waals surface area contributed by atoms with Crippen molar-refractivity contribution in [1.82, 2.24) is 0 Å². The Morgan fingerprint density at radius 1 is 1.12 bits per heavy atom. The molecule has 0 aliphatic heterocycles. The van der Waals surface area contributed by atoms with Crippen molar-refractivity contribution in [3.05, 3.63) is 70.9 Å². The number of anilines is 2. The van der Waals surface area contributed by atoms with Crippen LogP contribution in [0.25, 0.3) is 0 Å². The highest BCUT2D eigenvalue weighted by molar-refractivity contribution is 6.31. The molecule has 3 N–H and O–H groups in total. The van der Waals surface area contributed by atoms with Crippen LogP contribution in [0.4, 0.5) is 11.4 Å². The van der Waals surface area contributed by atoms with E-state index >= 15 is 0 Å². The molecule has 0 aromatic heterocycles. The summed E-state index contributed by atoms with van der Waals surface area (Å²) in [5.41, 5.74) is 1.02. The maximum Gasteiger partial charge on any atom is 0.335 e. The van der Waals surface area contributed by atoms with Crippen LogP contribution in [0.1, 0.15) is 10.4 Å². The Labute approximate surface area is 143 Å². The molecule has 0 unspecified atom stereocenters. The first-order chi connectivity index (χ1) is 11.5. The van der Waals surface area contributed by atoms with Gasteiger partial charge in [-0.1, -0.05) is 17.7 Å². The molecule has 0 spiro atoms. The molecule has 2 aromatic carbocycles. The molecule has 0 fully saturated rings. The maximum atomic E-state index is 12.1. The summed E-state index contributed by atoms with van der Waals surface area (Å²) in [7, 11) is 0. The number of aromatic carboxylic acids is 1. The van der Waals surface area contributed by atoms with E-state index in [-0.39, 0.29) is 11.1 Å². The molecular formula is C17H12ClN3O3. The lowest BCUT2D eigenvalue weighted by molar-refractivity contribution is -0.112. The number of rotatable bonds is 5. The third kappa shape index (κ3) is 4.60. The summed E-state index contributed by atoms with van der Waals surface area (Å²) in [6.45, 7) is 0. The van der Waals surface area contributed by atoms with Crippen LogP contribution in [0.15, 0.2) is 60.3 Å². The molecule has 2 aromatic rings. The molecule has 7 heteroatoms. The van der Waals surface area contributed by atoms with Gasteiger partial charge in [0.15, 0.2) is 0 Å². The van der Waals surface area contributed by atoms with Crippen LogP contribution in [0.3, 0.4) is 0 Å². The molecule has 0 radical (unpaired) electrons. The monoisotopic (exact) mass is 341 g/mol. The normalized spacial score (nSPS) is 10.6. The molecule has 24 heavy (non-hydrogen) atoms. The van der Waals surface area contributed by atoms with Crippen molar-refractivity contribution >= 4 is 34.9 Å². The van der Waals surface area contributed by atoms with E-state index in [1.807, 2.05) is 0 Å². The quantitative estimate of drug-likeness (QED) is 0.570. The Bertz CT molecular complexity index is 839. The first-order valence-electron chi connectivity index (χ1n) is 6.76. The van der Waals surface area contributed by atoms with Gasteiger partial charge in [-0.05, 0) is 42.5 Å². The second-order valence-electron chi connectivity index (χ2n) is 4.66. The highest BCUT2D eigenvalue weighted by Crippen LogP contribution is 2.16. The number of amides is 1. The number of nitriles is 1. The number of carboxylic acid groups (broad SMARTS) is 1. The molecule has 0 saturated carbocycles. The van der Waals surface area contributed by atoms with Gasteiger partial charge >= 0.3 is 5.97 Å². The van der Waals surface area contributed by atoms with Crippen LogP contribution in [0.2, 0.25) is 5.02 Å². The van der Waals surface area contributed by atoms with Crippen molar-refractivity contribution in [2.24, 2.45) is 0 Å². The zero-order valence-electron chi connectivity index (χ0n) is 12.3. The Morgan fingerprint density at radius 3 is 2.42 bits per heavy atom. The van der Waals surface area contributed by atoms with E-state index in [1.165, 1.54) is 30.5 Å². The van der Waals surface area contributed by atoms with E-state index in [0.717, 1.165) is 0 Å². The number of hydrogen-bond acceptors (Lipinski definition) is 4. The third-order valence-electron chi connectivity index (χ3n) is 2.96. The highest BCUT2D eigenvalue weighted by Gasteiger charge is 2.09. The minimum atomic E-state index is -1.03. The molecule has 120 valence electrons. The number of hydrogen-bond donors (Lipinski definition) is 3. The second kappa shape index (κ2) is 7.81. The number of carbonyl (C=O) groups is 2. The summed E-state index contributed by atoms with van der Waals surface area (Å²) < 4.78 is 0. The average Bonchev–Trinajstić information content (AvgIpc) is 2.56. The van der Waals surface area contributed by atoms with Crippen molar-refractivity contribution in [2.45, 2.75) is 0 Å². The van der Waals surface area contributed by atoms with Gasteiger partial charge in [-0.25, -0.2) is 4.79 Å². The smallest absolute Gasteiger partial charge is 0.335 e. The van der Waals surface area contributed by atoms with Crippen LogP contribution in [0, 0.1) is 11.3 Å². The molecule has 0 saturated heterocycles. The van der Waals surface area contributed by atoms with Crippen molar-refractivity contribution in [3.63, 3.8) is 0 Å². The molecule has 6 nitrogen and oxygen atoms in total. The Balaban J connectivity index is 2.07. The lowest BCUT2D eigenvalue weighted by atomic mass is 10.2. The van der Waals surface area contributed by atoms with Crippen LogP contribution < -0.4 is 10.6 Å². The summed E-state index contributed by atoms with van der Waals surface area (Å²) in [5, 5.41) is 23.7. The zero-order valence-corrected chi connectivity index (χ0v) is 13.0. The number of nitrogens with zero attached hydrogens (tertiary/aromatic N) is 1. The fourth-order valence-electron chi connectivity index (χ4n) is 1.78.